The molecule has 0 saturated carbocycles. The van der Waals surface area contributed by atoms with Crippen LogP contribution in [0.5, 0.6) is 0 Å². The fraction of sp³-hybridized carbons (Fsp3) is 0.667. The molecule has 0 radical (unpaired) electrons. The highest BCUT2D eigenvalue weighted by Crippen LogP contribution is 2.30. The molecule has 2 unspecified atom stereocenters. The van der Waals surface area contributed by atoms with Gasteiger partial charge in [-0.3, -0.25) is 0 Å². The Hall–Kier alpha value is -0.640. The third-order valence-electron chi connectivity index (χ3n) is 3.28. The van der Waals surface area contributed by atoms with Crippen LogP contribution in [0, 0.1) is 11.8 Å². The van der Waals surface area contributed by atoms with Crippen LogP contribution in [0.4, 0.5) is 0 Å². The van der Waals surface area contributed by atoms with Crippen LogP contribution in [-0.4, -0.2) is 33.6 Å². The quantitative estimate of drug-likeness (QED) is 0.633. The van der Waals surface area contributed by atoms with Crippen molar-refractivity contribution in [2.75, 3.05) is 6.61 Å². The van der Waals surface area contributed by atoms with Gasteiger partial charge in [-0.15, -0.1) is 0 Å². The first-order valence-electron chi connectivity index (χ1n) is 5.40. The second kappa shape index (κ2) is 4.92. The number of hydrogen-bond acceptors (Lipinski definition) is 3. The average Bonchev–Trinajstić information content (AvgIpc) is 2.70. The van der Waals surface area contributed by atoms with Crippen molar-refractivity contribution in [2.24, 2.45) is 11.8 Å². The molecule has 0 aromatic carbocycles. The second-order valence-corrected chi connectivity index (χ2v) is 4.31. The zero-order chi connectivity index (χ0) is 11.5. The summed E-state index contributed by atoms with van der Waals surface area (Å²) in [6.45, 7) is 3.37. The fourth-order valence-corrected chi connectivity index (χ4v) is 2.02. The van der Waals surface area contributed by atoms with E-state index in [1.807, 2.05) is 31.2 Å². The van der Waals surface area contributed by atoms with Gasteiger partial charge in [-0.1, -0.05) is 31.2 Å². The topological polar surface area (TPSA) is 60.7 Å². The first kappa shape index (κ1) is 12.4. The van der Waals surface area contributed by atoms with Crippen molar-refractivity contribution in [1.29, 1.82) is 0 Å². The van der Waals surface area contributed by atoms with Crippen LogP contribution >= 0.6 is 0 Å². The van der Waals surface area contributed by atoms with Crippen LogP contribution in [0.1, 0.15) is 20.3 Å². The first-order chi connectivity index (χ1) is 7.04. The Kier molecular flexibility index (Phi) is 4.08. The van der Waals surface area contributed by atoms with Gasteiger partial charge in [0.25, 0.3) is 0 Å². The molecule has 0 bridgehead atoms. The third-order valence-corrected chi connectivity index (χ3v) is 3.28. The molecule has 0 fully saturated rings. The van der Waals surface area contributed by atoms with E-state index in [1.54, 1.807) is 6.92 Å². The van der Waals surface area contributed by atoms with Gasteiger partial charge >= 0.3 is 0 Å². The summed E-state index contributed by atoms with van der Waals surface area (Å²) in [5.74, 6) is -0.449. The zero-order valence-corrected chi connectivity index (χ0v) is 9.30. The van der Waals surface area contributed by atoms with Gasteiger partial charge in [-0.25, -0.2) is 0 Å². The number of hydrogen-bond donors (Lipinski definition) is 3. The number of allylic oxidation sites excluding steroid dienone is 2. The second-order valence-electron chi connectivity index (χ2n) is 4.31. The van der Waals surface area contributed by atoms with Crippen LogP contribution in [0.25, 0.3) is 0 Å². The van der Waals surface area contributed by atoms with Crippen LogP contribution in [0.2, 0.25) is 0 Å². The van der Waals surface area contributed by atoms with Gasteiger partial charge in [0.15, 0.2) is 0 Å². The van der Waals surface area contributed by atoms with Gasteiger partial charge in [0, 0.05) is 18.4 Å². The molecule has 3 atom stereocenters. The molecule has 0 aromatic rings. The Morgan fingerprint density at radius 3 is 2.27 bits per heavy atom. The molecule has 3 nitrogen and oxygen atoms in total. The highest BCUT2D eigenvalue weighted by atomic mass is 16.3. The van der Waals surface area contributed by atoms with Crippen molar-refractivity contribution in [1.82, 2.24) is 0 Å². The van der Waals surface area contributed by atoms with Crippen LogP contribution in [0.15, 0.2) is 24.3 Å². The van der Waals surface area contributed by atoms with Gasteiger partial charge in [0.2, 0.25) is 0 Å². The third kappa shape index (κ3) is 2.48. The molecular weight excluding hydrogens is 192 g/mol. The molecule has 0 amide bonds. The average molecular weight is 212 g/mol. The Balaban J connectivity index is 2.74. The highest BCUT2D eigenvalue weighted by molar-refractivity contribution is 5.20. The minimum Gasteiger partial charge on any atom is -0.396 e. The maximum Gasteiger partial charge on any atom is 0.0936 e. The predicted octanol–water partition coefficient (Wildman–Crippen LogP) is 0.859. The van der Waals surface area contributed by atoms with E-state index >= 15 is 0 Å². The smallest absolute Gasteiger partial charge is 0.0936 e. The van der Waals surface area contributed by atoms with E-state index < -0.39 is 11.7 Å². The molecule has 1 aliphatic rings. The number of aliphatic hydroxyl groups is 3. The summed E-state index contributed by atoms with van der Waals surface area (Å²) in [4.78, 5) is 0. The van der Waals surface area contributed by atoms with E-state index in [0.717, 1.165) is 0 Å². The van der Waals surface area contributed by atoms with Gasteiger partial charge in [-0.2, -0.15) is 0 Å². The van der Waals surface area contributed by atoms with E-state index in [0.29, 0.717) is 6.42 Å². The standard InChI is InChI=1S/C12H20O3/c1-3-10(8-13)12(2,15)11(14)9-6-4-5-7-9/h4-7,9-11,13-15H,3,8H2,1-2H3/t10?,11?,12-/m1/s1. The number of rotatable bonds is 5. The normalized spacial score (nSPS) is 24.1. The van der Waals surface area contributed by atoms with E-state index in [2.05, 4.69) is 0 Å². The van der Waals surface area contributed by atoms with Crippen molar-refractivity contribution >= 4 is 0 Å². The molecule has 0 aliphatic heterocycles. The van der Waals surface area contributed by atoms with Crippen molar-refractivity contribution in [3.8, 4) is 0 Å². The Bertz CT molecular complexity index is 240. The van der Waals surface area contributed by atoms with Gasteiger partial charge in [0.1, 0.15) is 0 Å². The molecule has 0 heterocycles. The minimum atomic E-state index is -1.26. The number of aliphatic hydroxyl groups excluding tert-OH is 2. The van der Waals surface area contributed by atoms with Crippen LogP contribution in [0.3, 0.4) is 0 Å². The summed E-state index contributed by atoms with van der Waals surface area (Å²) in [7, 11) is 0. The summed E-state index contributed by atoms with van der Waals surface area (Å²) >= 11 is 0. The molecule has 0 aromatic heterocycles. The van der Waals surface area contributed by atoms with Crippen LogP contribution < -0.4 is 0 Å². The molecule has 0 saturated heterocycles. The summed E-state index contributed by atoms with van der Waals surface area (Å²) in [5, 5.41) is 29.4. The minimum absolute atomic E-state index is 0.110. The molecular formula is C12H20O3. The molecule has 1 rings (SSSR count). The van der Waals surface area contributed by atoms with Crippen LogP contribution in [-0.2, 0) is 0 Å². The predicted molar refractivity (Wildman–Crippen MR) is 59.3 cm³/mol. The molecule has 1 aliphatic carbocycles. The SMILES string of the molecule is CCC(CO)[C@@](C)(O)C(O)C1C=CC=C1. The fourth-order valence-electron chi connectivity index (χ4n) is 2.02. The highest BCUT2D eigenvalue weighted by Gasteiger charge is 2.40. The zero-order valence-electron chi connectivity index (χ0n) is 9.30. The van der Waals surface area contributed by atoms with E-state index in [4.69, 9.17) is 5.11 Å². The summed E-state index contributed by atoms with van der Waals surface area (Å²) in [6, 6.07) is 0. The molecule has 86 valence electrons. The molecule has 3 N–H and O–H groups in total. The summed E-state index contributed by atoms with van der Waals surface area (Å²) < 4.78 is 0. The van der Waals surface area contributed by atoms with Crippen molar-refractivity contribution < 1.29 is 15.3 Å². The lowest BCUT2D eigenvalue weighted by molar-refractivity contribution is -0.121. The Morgan fingerprint density at radius 1 is 1.33 bits per heavy atom. The van der Waals surface area contributed by atoms with E-state index in [1.165, 1.54) is 0 Å². The summed E-state index contributed by atoms with van der Waals surface area (Å²) in [6.07, 6.45) is 7.17. The first-order valence-corrected chi connectivity index (χ1v) is 5.40. The summed E-state index contributed by atoms with van der Waals surface area (Å²) in [5.41, 5.74) is -1.26. The maximum atomic E-state index is 10.2. The maximum absolute atomic E-state index is 10.2. The molecule has 3 heteroatoms. The lowest BCUT2D eigenvalue weighted by Gasteiger charge is -2.37. The van der Waals surface area contributed by atoms with Gasteiger partial charge < -0.3 is 15.3 Å². The molecule has 15 heavy (non-hydrogen) atoms. The van der Waals surface area contributed by atoms with Crippen molar-refractivity contribution in [3.05, 3.63) is 24.3 Å². The largest absolute Gasteiger partial charge is 0.396 e. The van der Waals surface area contributed by atoms with Gasteiger partial charge in [0.05, 0.1) is 11.7 Å². The van der Waals surface area contributed by atoms with E-state index in [-0.39, 0.29) is 18.4 Å². The van der Waals surface area contributed by atoms with Crippen molar-refractivity contribution in [3.63, 3.8) is 0 Å². The lowest BCUT2D eigenvalue weighted by atomic mass is 9.78. The monoisotopic (exact) mass is 212 g/mol. The van der Waals surface area contributed by atoms with Gasteiger partial charge in [-0.05, 0) is 13.3 Å². The Morgan fingerprint density at radius 2 is 1.87 bits per heavy atom. The Labute approximate surface area is 90.8 Å². The lowest BCUT2D eigenvalue weighted by Crippen LogP contribution is -2.50. The molecule has 0 spiro atoms. The van der Waals surface area contributed by atoms with Crippen molar-refractivity contribution in [2.45, 2.75) is 32.0 Å². The van der Waals surface area contributed by atoms with E-state index in [9.17, 15) is 10.2 Å².